The third-order valence-electron chi connectivity index (χ3n) is 4.57. The Hall–Kier alpha value is -2.30. The molecule has 0 aromatic carbocycles. The van der Waals surface area contributed by atoms with Crippen molar-refractivity contribution in [3.05, 3.63) is 53.9 Å². The molecule has 1 amide bonds. The Labute approximate surface area is 143 Å². The highest BCUT2D eigenvalue weighted by atomic mass is 16.2. The lowest BCUT2D eigenvalue weighted by Crippen LogP contribution is -2.36. The number of hydrogen-bond donors (Lipinski definition) is 0. The Kier molecular flexibility index (Phi) is 5.51. The average Bonchev–Trinajstić information content (AvgIpc) is 2.63. The van der Waals surface area contributed by atoms with Gasteiger partial charge in [-0.05, 0) is 37.8 Å². The van der Waals surface area contributed by atoms with Gasteiger partial charge in [-0.2, -0.15) is 0 Å². The molecular weight excluding hydrogens is 300 g/mol. The highest BCUT2D eigenvalue weighted by molar-refractivity contribution is 5.91. The first-order valence-corrected chi connectivity index (χ1v) is 8.70. The second kappa shape index (κ2) is 7.99. The third kappa shape index (κ3) is 4.37. The molecule has 0 atom stereocenters. The van der Waals surface area contributed by atoms with Crippen LogP contribution in [0.3, 0.4) is 0 Å². The van der Waals surface area contributed by atoms with Crippen LogP contribution < -0.4 is 0 Å². The number of hydrogen-bond acceptors (Lipinski definition) is 4. The fourth-order valence-corrected chi connectivity index (χ4v) is 3.25. The molecule has 1 aliphatic rings. The fraction of sp³-hybridized carbons (Fsp3) is 0.474. The van der Waals surface area contributed by atoms with E-state index in [2.05, 4.69) is 15.0 Å². The first-order chi connectivity index (χ1) is 11.7. The predicted octanol–water partition coefficient (Wildman–Crippen LogP) is 3.40. The third-order valence-corrected chi connectivity index (χ3v) is 4.57. The van der Waals surface area contributed by atoms with E-state index in [9.17, 15) is 4.79 Å². The molecule has 24 heavy (non-hydrogen) atoms. The van der Waals surface area contributed by atoms with Crippen molar-refractivity contribution in [3.63, 3.8) is 0 Å². The zero-order chi connectivity index (χ0) is 16.8. The van der Waals surface area contributed by atoms with Crippen molar-refractivity contribution in [2.24, 2.45) is 5.92 Å². The molecule has 2 heterocycles. The van der Waals surface area contributed by atoms with Gasteiger partial charge in [-0.1, -0.05) is 25.3 Å². The van der Waals surface area contributed by atoms with Gasteiger partial charge in [0.05, 0.1) is 24.1 Å². The van der Waals surface area contributed by atoms with Crippen LogP contribution in [0.5, 0.6) is 0 Å². The smallest absolute Gasteiger partial charge is 0.274 e. The molecule has 1 aliphatic carbocycles. The SMILES string of the molecule is Cc1cnc(C(=O)N(Cc2ccccn2)CC2CCCCC2)cn1. The number of carbonyl (C=O) groups is 1. The minimum atomic E-state index is -0.0567. The van der Waals surface area contributed by atoms with E-state index in [1.54, 1.807) is 18.6 Å². The first kappa shape index (κ1) is 16.6. The monoisotopic (exact) mass is 324 g/mol. The lowest BCUT2D eigenvalue weighted by atomic mass is 9.89. The summed E-state index contributed by atoms with van der Waals surface area (Å²) in [4.78, 5) is 27.7. The van der Waals surface area contributed by atoms with Crippen LogP contribution in [0.15, 0.2) is 36.8 Å². The summed E-state index contributed by atoms with van der Waals surface area (Å²) in [5.74, 6) is 0.517. The van der Waals surface area contributed by atoms with Crippen LogP contribution in [0.25, 0.3) is 0 Å². The van der Waals surface area contributed by atoms with E-state index in [1.165, 1.54) is 32.1 Å². The average molecular weight is 324 g/mol. The molecule has 5 heteroatoms. The van der Waals surface area contributed by atoms with E-state index < -0.39 is 0 Å². The number of rotatable bonds is 5. The summed E-state index contributed by atoms with van der Waals surface area (Å²) >= 11 is 0. The number of aryl methyl sites for hydroxylation is 1. The zero-order valence-electron chi connectivity index (χ0n) is 14.2. The number of nitrogens with zero attached hydrogens (tertiary/aromatic N) is 4. The van der Waals surface area contributed by atoms with Crippen LogP contribution >= 0.6 is 0 Å². The predicted molar refractivity (Wildman–Crippen MR) is 92.3 cm³/mol. The van der Waals surface area contributed by atoms with Gasteiger partial charge in [0.1, 0.15) is 5.69 Å². The highest BCUT2D eigenvalue weighted by Crippen LogP contribution is 2.25. The molecular formula is C19H24N4O. The van der Waals surface area contributed by atoms with Gasteiger partial charge >= 0.3 is 0 Å². The molecule has 3 rings (SSSR count). The van der Waals surface area contributed by atoms with Crippen molar-refractivity contribution >= 4 is 5.91 Å². The molecule has 0 N–H and O–H groups in total. The molecule has 0 aliphatic heterocycles. The number of amides is 1. The largest absolute Gasteiger partial charge is 0.331 e. The molecule has 0 radical (unpaired) electrons. The molecule has 2 aromatic rings. The molecule has 2 aromatic heterocycles. The van der Waals surface area contributed by atoms with Crippen molar-refractivity contribution in [1.82, 2.24) is 19.9 Å². The summed E-state index contributed by atoms with van der Waals surface area (Å²) in [5, 5.41) is 0. The van der Waals surface area contributed by atoms with E-state index in [-0.39, 0.29) is 5.91 Å². The Balaban J connectivity index is 1.77. The molecule has 0 bridgehead atoms. The summed E-state index contributed by atoms with van der Waals surface area (Å²) in [7, 11) is 0. The van der Waals surface area contributed by atoms with E-state index in [1.807, 2.05) is 30.0 Å². The quantitative estimate of drug-likeness (QED) is 0.846. The maximum atomic E-state index is 12.9. The second-order valence-electron chi connectivity index (χ2n) is 6.55. The Morgan fingerprint density at radius 1 is 1.12 bits per heavy atom. The molecule has 1 saturated carbocycles. The van der Waals surface area contributed by atoms with Gasteiger partial charge in [0.25, 0.3) is 5.91 Å². The minimum absolute atomic E-state index is 0.0567. The van der Waals surface area contributed by atoms with Crippen molar-refractivity contribution in [2.45, 2.75) is 45.6 Å². The Bertz CT molecular complexity index is 651. The number of carbonyl (C=O) groups excluding carboxylic acids is 1. The second-order valence-corrected chi connectivity index (χ2v) is 6.55. The van der Waals surface area contributed by atoms with Crippen molar-refractivity contribution in [2.75, 3.05) is 6.54 Å². The Morgan fingerprint density at radius 2 is 1.96 bits per heavy atom. The molecule has 5 nitrogen and oxygen atoms in total. The van der Waals surface area contributed by atoms with E-state index in [0.717, 1.165) is 17.9 Å². The van der Waals surface area contributed by atoms with Crippen LogP contribution in [0, 0.1) is 12.8 Å². The molecule has 0 saturated heterocycles. The van der Waals surface area contributed by atoms with Crippen LogP contribution in [0.1, 0.15) is 54.0 Å². The van der Waals surface area contributed by atoms with Gasteiger partial charge in [-0.25, -0.2) is 4.98 Å². The van der Waals surface area contributed by atoms with Gasteiger partial charge in [0, 0.05) is 18.9 Å². The Morgan fingerprint density at radius 3 is 2.62 bits per heavy atom. The highest BCUT2D eigenvalue weighted by Gasteiger charge is 2.23. The standard InChI is InChI=1S/C19H24N4O/c1-15-11-22-18(12-21-15)19(24)23(13-16-7-3-2-4-8-16)14-17-9-5-6-10-20-17/h5-6,9-12,16H,2-4,7-8,13-14H2,1H3. The summed E-state index contributed by atoms with van der Waals surface area (Å²) in [6, 6.07) is 5.81. The van der Waals surface area contributed by atoms with Crippen LogP contribution in [0.4, 0.5) is 0 Å². The summed E-state index contributed by atoms with van der Waals surface area (Å²) in [5.41, 5.74) is 2.13. The number of aromatic nitrogens is 3. The fourth-order valence-electron chi connectivity index (χ4n) is 3.25. The molecule has 1 fully saturated rings. The summed E-state index contributed by atoms with van der Waals surface area (Å²) in [6.07, 6.45) is 11.2. The van der Waals surface area contributed by atoms with Gasteiger partial charge in [-0.15, -0.1) is 0 Å². The molecule has 126 valence electrons. The summed E-state index contributed by atoms with van der Waals surface area (Å²) < 4.78 is 0. The molecule has 0 spiro atoms. The zero-order valence-corrected chi connectivity index (χ0v) is 14.2. The van der Waals surface area contributed by atoms with Crippen molar-refractivity contribution in [3.8, 4) is 0 Å². The maximum absolute atomic E-state index is 12.9. The van der Waals surface area contributed by atoms with E-state index in [0.29, 0.717) is 18.2 Å². The molecule has 0 unspecified atom stereocenters. The van der Waals surface area contributed by atoms with Crippen LogP contribution in [-0.4, -0.2) is 32.3 Å². The normalized spacial score (nSPS) is 15.2. The van der Waals surface area contributed by atoms with Gasteiger partial charge < -0.3 is 4.90 Å². The van der Waals surface area contributed by atoms with Crippen LogP contribution in [-0.2, 0) is 6.54 Å². The van der Waals surface area contributed by atoms with E-state index in [4.69, 9.17) is 0 Å². The van der Waals surface area contributed by atoms with E-state index >= 15 is 0 Å². The van der Waals surface area contributed by atoms with Gasteiger partial charge in [0.2, 0.25) is 0 Å². The van der Waals surface area contributed by atoms with Gasteiger partial charge in [0.15, 0.2) is 0 Å². The van der Waals surface area contributed by atoms with Crippen molar-refractivity contribution in [1.29, 1.82) is 0 Å². The summed E-state index contributed by atoms with van der Waals surface area (Å²) in [6.45, 7) is 3.16. The minimum Gasteiger partial charge on any atom is -0.331 e. The lowest BCUT2D eigenvalue weighted by molar-refractivity contribution is 0.0690. The lowest BCUT2D eigenvalue weighted by Gasteiger charge is -2.29. The van der Waals surface area contributed by atoms with Gasteiger partial charge in [-0.3, -0.25) is 14.8 Å². The number of pyridine rings is 1. The topological polar surface area (TPSA) is 59.0 Å². The van der Waals surface area contributed by atoms with Crippen molar-refractivity contribution < 1.29 is 4.79 Å². The maximum Gasteiger partial charge on any atom is 0.274 e. The first-order valence-electron chi connectivity index (χ1n) is 8.70. The van der Waals surface area contributed by atoms with Crippen LogP contribution in [0.2, 0.25) is 0 Å².